The Morgan fingerprint density at radius 3 is 2.33 bits per heavy atom. The standard InChI is InChI=1S/C14H20BrNO2/c1-9-5-10(2)13(11(3)6-9)14(17)16-12(7-15)8-18-4/h5-6,12H,7-8H2,1-4H3,(H,16,17). The quantitative estimate of drug-likeness (QED) is 0.849. The third kappa shape index (κ3) is 3.82. The van der Waals surface area contributed by atoms with Gasteiger partial charge in [0.2, 0.25) is 0 Å². The van der Waals surface area contributed by atoms with Gasteiger partial charge in [0.1, 0.15) is 0 Å². The van der Waals surface area contributed by atoms with Crippen LogP contribution in [0.25, 0.3) is 0 Å². The Morgan fingerprint density at radius 2 is 1.89 bits per heavy atom. The molecule has 0 aromatic heterocycles. The van der Waals surface area contributed by atoms with Crippen LogP contribution in [-0.4, -0.2) is 31.0 Å². The lowest BCUT2D eigenvalue weighted by atomic mass is 9.99. The zero-order chi connectivity index (χ0) is 13.7. The fourth-order valence-corrected chi connectivity index (χ4v) is 2.47. The number of rotatable bonds is 5. The Balaban J connectivity index is 2.90. The number of carbonyl (C=O) groups excluding carboxylic acids is 1. The summed E-state index contributed by atoms with van der Waals surface area (Å²) in [6, 6.07) is 4.05. The third-order valence-electron chi connectivity index (χ3n) is 2.79. The summed E-state index contributed by atoms with van der Waals surface area (Å²) in [4.78, 5) is 12.3. The summed E-state index contributed by atoms with van der Waals surface area (Å²) in [6.45, 7) is 6.47. The number of ether oxygens (including phenoxy) is 1. The molecule has 1 unspecified atom stereocenters. The van der Waals surface area contributed by atoms with Crippen LogP contribution in [0.4, 0.5) is 0 Å². The molecule has 0 aliphatic rings. The van der Waals surface area contributed by atoms with Crippen molar-refractivity contribution in [3.05, 3.63) is 34.4 Å². The highest BCUT2D eigenvalue weighted by atomic mass is 79.9. The Bertz CT molecular complexity index is 409. The summed E-state index contributed by atoms with van der Waals surface area (Å²) in [5.41, 5.74) is 3.96. The van der Waals surface area contributed by atoms with Gasteiger partial charge in [-0.05, 0) is 31.9 Å². The lowest BCUT2D eigenvalue weighted by Gasteiger charge is -2.17. The summed E-state index contributed by atoms with van der Waals surface area (Å²) in [5, 5.41) is 3.65. The molecule has 18 heavy (non-hydrogen) atoms. The number of carbonyl (C=O) groups is 1. The molecule has 1 amide bonds. The number of alkyl halides is 1. The first-order valence-electron chi connectivity index (χ1n) is 5.93. The molecule has 3 nitrogen and oxygen atoms in total. The first-order chi connectivity index (χ1) is 8.49. The van der Waals surface area contributed by atoms with Crippen molar-refractivity contribution in [2.24, 2.45) is 0 Å². The number of hydrogen-bond acceptors (Lipinski definition) is 2. The molecule has 0 aliphatic carbocycles. The van der Waals surface area contributed by atoms with Gasteiger partial charge >= 0.3 is 0 Å². The largest absolute Gasteiger partial charge is 0.383 e. The normalized spacial score (nSPS) is 12.3. The van der Waals surface area contributed by atoms with Gasteiger partial charge in [-0.1, -0.05) is 33.6 Å². The number of hydrogen-bond donors (Lipinski definition) is 1. The second-order valence-corrected chi connectivity index (χ2v) is 5.20. The van der Waals surface area contributed by atoms with Crippen LogP contribution in [0.2, 0.25) is 0 Å². The first kappa shape index (κ1) is 15.2. The maximum Gasteiger partial charge on any atom is 0.252 e. The van der Waals surface area contributed by atoms with Crippen LogP contribution in [0, 0.1) is 20.8 Å². The van der Waals surface area contributed by atoms with Crippen molar-refractivity contribution in [1.29, 1.82) is 0 Å². The summed E-state index contributed by atoms with van der Waals surface area (Å²) in [7, 11) is 1.63. The monoisotopic (exact) mass is 313 g/mol. The molecule has 0 heterocycles. The smallest absolute Gasteiger partial charge is 0.252 e. The first-order valence-corrected chi connectivity index (χ1v) is 7.05. The molecule has 0 saturated heterocycles. The molecule has 1 aromatic carbocycles. The van der Waals surface area contributed by atoms with Crippen LogP contribution in [0.5, 0.6) is 0 Å². The molecular formula is C14H20BrNO2. The highest BCUT2D eigenvalue weighted by molar-refractivity contribution is 9.09. The molecular weight excluding hydrogens is 294 g/mol. The number of nitrogens with one attached hydrogen (secondary N) is 1. The lowest BCUT2D eigenvalue weighted by molar-refractivity contribution is 0.0906. The Hall–Kier alpha value is -0.870. The zero-order valence-corrected chi connectivity index (χ0v) is 12.9. The summed E-state index contributed by atoms with van der Waals surface area (Å²) in [6.07, 6.45) is 0. The van der Waals surface area contributed by atoms with Gasteiger partial charge in [-0.15, -0.1) is 0 Å². The predicted octanol–water partition coefficient (Wildman–Crippen LogP) is 2.75. The second-order valence-electron chi connectivity index (χ2n) is 4.55. The van der Waals surface area contributed by atoms with E-state index < -0.39 is 0 Å². The number of amides is 1. The fourth-order valence-electron chi connectivity index (χ4n) is 2.12. The molecule has 0 bridgehead atoms. The van der Waals surface area contributed by atoms with Crippen molar-refractivity contribution < 1.29 is 9.53 Å². The van der Waals surface area contributed by atoms with Gasteiger partial charge in [0.25, 0.3) is 5.91 Å². The topological polar surface area (TPSA) is 38.3 Å². The zero-order valence-electron chi connectivity index (χ0n) is 11.3. The van der Waals surface area contributed by atoms with Gasteiger partial charge in [0.05, 0.1) is 12.6 Å². The average Bonchev–Trinajstić information content (AvgIpc) is 2.26. The molecule has 0 radical (unpaired) electrons. The Morgan fingerprint density at radius 1 is 1.33 bits per heavy atom. The van der Waals surface area contributed by atoms with Crippen molar-refractivity contribution in [2.75, 3.05) is 19.0 Å². The van der Waals surface area contributed by atoms with Gasteiger partial charge in [0.15, 0.2) is 0 Å². The summed E-state index contributed by atoms with van der Waals surface area (Å²) in [5.74, 6) is -0.0356. The maximum atomic E-state index is 12.3. The summed E-state index contributed by atoms with van der Waals surface area (Å²) >= 11 is 3.37. The molecule has 0 fully saturated rings. The molecule has 4 heteroatoms. The fraction of sp³-hybridized carbons (Fsp3) is 0.500. The van der Waals surface area contributed by atoms with Crippen molar-refractivity contribution in [3.8, 4) is 0 Å². The van der Waals surface area contributed by atoms with Gasteiger partial charge in [0, 0.05) is 18.0 Å². The third-order valence-corrected chi connectivity index (χ3v) is 3.57. The average molecular weight is 314 g/mol. The van der Waals surface area contributed by atoms with Crippen LogP contribution in [0.1, 0.15) is 27.0 Å². The van der Waals surface area contributed by atoms with Crippen LogP contribution in [-0.2, 0) is 4.74 Å². The van der Waals surface area contributed by atoms with E-state index >= 15 is 0 Å². The Kier molecular flexibility index (Phi) is 5.82. The van der Waals surface area contributed by atoms with E-state index in [2.05, 4.69) is 21.2 Å². The van der Waals surface area contributed by atoms with Crippen LogP contribution < -0.4 is 5.32 Å². The predicted molar refractivity (Wildman–Crippen MR) is 77.6 cm³/mol. The van der Waals surface area contributed by atoms with Crippen molar-refractivity contribution in [2.45, 2.75) is 26.8 Å². The molecule has 1 aromatic rings. The summed E-state index contributed by atoms with van der Waals surface area (Å²) < 4.78 is 5.07. The van der Waals surface area contributed by atoms with Gasteiger partial charge in [-0.2, -0.15) is 0 Å². The molecule has 1 atom stereocenters. The number of methoxy groups -OCH3 is 1. The van der Waals surface area contributed by atoms with Gasteiger partial charge in [-0.3, -0.25) is 4.79 Å². The molecule has 1 rings (SSSR count). The minimum Gasteiger partial charge on any atom is -0.383 e. The Labute approximate surface area is 117 Å². The van der Waals surface area contributed by atoms with Crippen LogP contribution >= 0.6 is 15.9 Å². The number of benzene rings is 1. The minimum atomic E-state index is -0.0356. The van der Waals surface area contributed by atoms with E-state index in [0.29, 0.717) is 11.9 Å². The van der Waals surface area contributed by atoms with E-state index in [4.69, 9.17) is 4.74 Å². The van der Waals surface area contributed by atoms with Crippen molar-refractivity contribution >= 4 is 21.8 Å². The van der Waals surface area contributed by atoms with Crippen molar-refractivity contribution in [1.82, 2.24) is 5.32 Å². The van der Waals surface area contributed by atoms with Crippen LogP contribution in [0.3, 0.4) is 0 Å². The molecule has 0 saturated carbocycles. The van der Waals surface area contributed by atoms with E-state index in [9.17, 15) is 4.79 Å². The molecule has 0 spiro atoms. The maximum absolute atomic E-state index is 12.3. The lowest BCUT2D eigenvalue weighted by Crippen LogP contribution is -2.39. The van der Waals surface area contributed by atoms with Crippen LogP contribution in [0.15, 0.2) is 12.1 Å². The van der Waals surface area contributed by atoms with E-state index in [1.54, 1.807) is 7.11 Å². The van der Waals surface area contributed by atoms with Crippen molar-refractivity contribution in [3.63, 3.8) is 0 Å². The van der Waals surface area contributed by atoms with E-state index in [1.165, 1.54) is 5.56 Å². The highest BCUT2D eigenvalue weighted by Crippen LogP contribution is 2.16. The number of halogens is 1. The number of aryl methyl sites for hydroxylation is 3. The molecule has 0 aliphatic heterocycles. The minimum absolute atomic E-state index is 0.0115. The van der Waals surface area contributed by atoms with E-state index in [1.807, 2.05) is 32.9 Å². The molecule has 1 N–H and O–H groups in total. The SMILES string of the molecule is COCC(CBr)NC(=O)c1c(C)cc(C)cc1C. The van der Waals surface area contributed by atoms with Gasteiger partial charge in [-0.25, -0.2) is 0 Å². The van der Waals surface area contributed by atoms with E-state index in [-0.39, 0.29) is 11.9 Å². The van der Waals surface area contributed by atoms with Gasteiger partial charge < -0.3 is 10.1 Å². The second kappa shape index (κ2) is 6.90. The van der Waals surface area contributed by atoms with E-state index in [0.717, 1.165) is 16.7 Å². The highest BCUT2D eigenvalue weighted by Gasteiger charge is 2.16. The molecule has 100 valence electrons.